The van der Waals surface area contributed by atoms with Gasteiger partial charge in [-0.05, 0) is 6.07 Å². The van der Waals surface area contributed by atoms with Crippen LogP contribution in [0.2, 0.25) is 0 Å². The van der Waals surface area contributed by atoms with E-state index in [1.807, 2.05) is 0 Å². The van der Waals surface area contributed by atoms with E-state index in [9.17, 15) is 30.4 Å². The second-order valence-corrected chi connectivity index (χ2v) is 4.57. The lowest BCUT2D eigenvalue weighted by atomic mass is 10.2. The van der Waals surface area contributed by atoms with Gasteiger partial charge in [0.25, 0.3) is 6.43 Å². The highest BCUT2D eigenvalue weighted by Gasteiger charge is 2.35. The number of hydrogen-bond acceptors (Lipinski definition) is 3. The second-order valence-electron chi connectivity index (χ2n) is 3.07. The van der Waals surface area contributed by atoms with Gasteiger partial charge in [0.1, 0.15) is 10.6 Å². The van der Waals surface area contributed by atoms with Crippen LogP contribution in [0.1, 0.15) is 12.0 Å². The molecule has 10 heteroatoms. The first-order chi connectivity index (χ1) is 8.02. The highest BCUT2D eigenvalue weighted by atomic mass is 32.2. The highest BCUT2D eigenvalue weighted by Crippen LogP contribution is 2.35. The van der Waals surface area contributed by atoms with E-state index in [1.165, 1.54) is 0 Å². The lowest BCUT2D eigenvalue weighted by Crippen LogP contribution is -2.22. The minimum Gasteiger partial charge on any atom is -0.404 e. The van der Waals surface area contributed by atoms with E-state index in [0.29, 0.717) is 12.1 Å². The molecule has 1 aromatic carbocycles. The van der Waals surface area contributed by atoms with Gasteiger partial charge >= 0.3 is 6.36 Å². The first-order valence-electron chi connectivity index (χ1n) is 4.22. The SMILES string of the molecule is NS(=O)(=O)c1c(OC(F)(F)F)cccc1C(F)F. The molecule has 4 nitrogen and oxygen atoms in total. The standard InChI is InChI=1S/C8H6F5NO3S/c9-7(10)4-2-1-3-5(17-8(11,12)13)6(4)18(14,15)16/h1-3,7H,(H2,14,15,16). The van der Waals surface area contributed by atoms with Crippen LogP contribution >= 0.6 is 0 Å². The molecule has 1 aromatic rings. The normalized spacial score (nSPS) is 12.8. The molecule has 0 aliphatic rings. The predicted octanol–water partition coefficient (Wildman–Crippen LogP) is 2.17. The molecule has 0 aromatic heterocycles. The molecule has 0 unspecified atom stereocenters. The van der Waals surface area contributed by atoms with Crippen molar-refractivity contribution >= 4 is 10.0 Å². The molecule has 18 heavy (non-hydrogen) atoms. The summed E-state index contributed by atoms with van der Waals surface area (Å²) in [5.41, 5.74) is -1.15. The van der Waals surface area contributed by atoms with Crippen LogP contribution in [0.5, 0.6) is 5.75 Å². The Morgan fingerprint density at radius 3 is 2.17 bits per heavy atom. The van der Waals surface area contributed by atoms with Crippen molar-refractivity contribution in [3.63, 3.8) is 0 Å². The van der Waals surface area contributed by atoms with Crippen molar-refractivity contribution in [2.75, 3.05) is 0 Å². The van der Waals surface area contributed by atoms with Gasteiger partial charge < -0.3 is 4.74 Å². The molecule has 0 heterocycles. The lowest BCUT2D eigenvalue weighted by molar-refractivity contribution is -0.275. The maximum absolute atomic E-state index is 12.5. The van der Waals surface area contributed by atoms with E-state index in [0.717, 1.165) is 6.07 Å². The molecule has 0 saturated carbocycles. The maximum atomic E-state index is 12.5. The van der Waals surface area contributed by atoms with Crippen LogP contribution in [-0.2, 0) is 10.0 Å². The number of rotatable bonds is 3. The van der Waals surface area contributed by atoms with Crippen molar-refractivity contribution in [2.45, 2.75) is 17.7 Å². The molecule has 0 spiro atoms. The molecular weight excluding hydrogens is 285 g/mol. The monoisotopic (exact) mass is 291 g/mol. The van der Waals surface area contributed by atoms with Crippen molar-refractivity contribution < 1.29 is 35.1 Å². The summed E-state index contributed by atoms with van der Waals surface area (Å²) >= 11 is 0. The Labute approximate surface area is 98.2 Å². The molecule has 1 rings (SSSR count). The first-order valence-corrected chi connectivity index (χ1v) is 5.76. The number of nitrogens with two attached hydrogens (primary N) is 1. The fourth-order valence-corrected chi connectivity index (χ4v) is 2.09. The Hall–Kier alpha value is -1.42. The minimum absolute atomic E-state index is 0.582. The van der Waals surface area contributed by atoms with Crippen LogP contribution in [0.25, 0.3) is 0 Å². The van der Waals surface area contributed by atoms with Gasteiger partial charge in [-0.2, -0.15) is 0 Å². The summed E-state index contributed by atoms with van der Waals surface area (Å²) in [6.07, 6.45) is -8.53. The average molecular weight is 291 g/mol. The number of sulfonamides is 1. The summed E-state index contributed by atoms with van der Waals surface area (Å²) < 4.78 is 86.5. The van der Waals surface area contributed by atoms with Crippen molar-refractivity contribution in [1.29, 1.82) is 0 Å². The quantitative estimate of drug-likeness (QED) is 0.868. The Kier molecular flexibility index (Phi) is 3.81. The van der Waals surface area contributed by atoms with Gasteiger partial charge in [0.05, 0.1) is 0 Å². The highest BCUT2D eigenvalue weighted by molar-refractivity contribution is 7.89. The topological polar surface area (TPSA) is 69.4 Å². The van der Waals surface area contributed by atoms with Crippen LogP contribution in [0.15, 0.2) is 23.1 Å². The van der Waals surface area contributed by atoms with Crippen molar-refractivity contribution in [2.24, 2.45) is 5.14 Å². The van der Waals surface area contributed by atoms with E-state index in [-0.39, 0.29) is 0 Å². The van der Waals surface area contributed by atoms with Gasteiger partial charge in [0.2, 0.25) is 10.0 Å². The molecule has 0 saturated heterocycles. The first kappa shape index (κ1) is 14.6. The third kappa shape index (κ3) is 3.53. The van der Waals surface area contributed by atoms with Crippen molar-refractivity contribution in [3.8, 4) is 5.75 Å². The number of ether oxygens (including phenoxy) is 1. The molecule has 2 N–H and O–H groups in total. The third-order valence-corrected chi connectivity index (χ3v) is 2.76. The summed E-state index contributed by atoms with van der Waals surface area (Å²) in [7, 11) is -4.79. The Morgan fingerprint density at radius 1 is 1.22 bits per heavy atom. The number of hydrogen-bond donors (Lipinski definition) is 1. The van der Waals surface area contributed by atoms with E-state index in [2.05, 4.69) is 9.88 Å². The van der Waals surface area contributed by atoms with Crippen LogP contribution in [0.4, 0.5) is 22.0 Å². The number of benzene rings is 1. The summed E-state index contributed by atoms with van der Waals surface area (Å²) in [5, 5.41) is 4.61. The van der Waals surface area contributed by atoms with Crippen LogP contribution in [-0.4, -0.2) is 14.8 Å². The molecule has 0 fully saturated rings. The van der Waals surface area contributed by atoms with Crippen LogP contribution in [0.3, 0.4) is 0 Å². The van der Waals surface area contributed by atoms with Crippen LogP contribution < -0.4 is 9.88 Å². The predicted molar refractivity (Wildman–Crippen MR) is 49.5 cm³/mol. The molecule has 0 bridgehead atoms. The van der Waals surface area contributed by atoms with Gasteiger partial charge in [-0.25, -0.2) is 22.3 Å². The minimum atomic E-state index is -5.22. The van der Waals surface area contributed by atoms with Crippen molar-refractivity contribution in [1.82, 2.24) is 0 Å². The van der Waals surface area contributed by atoms with Gasteiger partial charge in [-0.3, -0.25) is 0 Å². The summed E-state index contributed by atoms with van der Waals surface area (Å²) in [6, 6.07) is 2.03. The van der Waals surface area contributed by atoms with Gasteiger partial charge in [0, 0.05) is 5.56 Å². The largest absolute Gasteiger partial charge is 0.573 e. The average Bonchev–Trinajstić information content (AvgIpc) is 2.12. The summed E-state index contributed by atoms with van der Waals surface area (Å²) in [6.45, 7) is 0. The lowest BCUT2D eigenvalue weighted by Gasteiger charge is -2.14. The maximum Gasteiger partial charge on any atom is 0.573 e. The van der Waals surface area contributed by atoms with E-state index >= 15 is 0 Å². The molecule has 102 valence electrons. The van der Waals surface area contributed by atoms with Gasteiger partial charge in [-0.15, -0.1) is 13.2 Å². The zero-order valence-electron chi connectivity index (χ0n) is 8.41. The zero-order chi connectivity index (χ0) is 14.1. The zero-order valence-corrected chi connectivity index (χ0v) is 9.23. The summed E-state index contributed by atoms with van der Waals surface area (Å²) in [5.74, 6) is -1.29. The smallest absolute Gasteiger partial charge is 0.404 e. The van der Waals surface area contributed by atoms with E-state index in [1.54, 1.807) is 0 Å². The van der Waals surface area contributed by atoms with Crippen LogP contribution in [0, 0.1) is 0 Å². The fourth-order valence-electron chi connectivity index (χ4n) is 1.21. The van der Waals surface area contributed by atoms with Gasteiger partial charge in [-0.1, -0.05) is 12.1 Å². The number of halogens is 5. The molecule has 0 aliphatic heterocycles. The number of alkyl halides is 5. The molecule has 0 aliphatic carbocycles. The van der Waals surface area contributed by atoms with Gasteiger partial charge in [0.15, 0.2) is 0 Å². The summed E-state index contributed by atoms with van der Waals surface area (Å²) in [4.78, 5) is -1.38. The Morgan fingerprint density at radius 2 is 1.78 bits per heavy atom. The fraction of sp³-hybridized carbons (Fsp3) is 0.250. The van der Waals surface area contributed by atoms with E-state index < -0.39 is 39.0 Å². The molecule has 0 atom stereocenters. The third-order valence-electron chi connectivity index (χ3n) is 1.75. The molecule has 0 amide bonds. The molecule has 0 radical (unpaired) electrons. The second kappa shape index (κ2) is 4.69. The Balaban J connectivity index is 3.49. The van der Waals surface area contributed by atoms with E-state index in [4.69, 9.17) is 0 Å². The molecular formula is C8H6F5NO3S. The number of primary sulfonamides is 1. The van der Waals surface area contributed by atoms with Crippen molar-refractivity contribution in [3.05, 3.63) is 23.8 Å². The Bertz CT molecular complexity index is 540.